The molecule has 0 bridgehead atoms. The predicted octanol–water partition coefficient (Wildman–Crippen LogP) is 2.86. The van der Waals surface area contributed by atoms with Crippen LogP contribution in [0.15, 0.2) is 23.8 Å². The molecular weight excluding hydrogens is 580 g/mol. The Morgan fingerprint density at radius 1 is 1.24 bits per heavy atom. The van der Waals surface area contributed by atoms with Crippen molar-refractivity contribution in [3.05, 3.63) is 34.9 Å². The molecule has 1 fully saturated rings. The van der Waals surface area contributed by atoms with Crippen molar-refractivity contribution in [3.8, 4) is 11.5 Å². The Balaban J connectivity index is 1.68. The standard InChI is InChI=1S/C34H50N2O9/c1-6-43-13-7-11-36(29(39)19-44-27-14-21(4)8-9-23(27)20(2)3)26-17-25(34(41)35-10-12-37)30-24-15-22(18-38)16-28(42-5)32(24)45-33(30)31(26)40/h15-18,20-21,23,26-27,30-31,33,37,40H,6-14,19H2,1-5H3,(H,35,41). The van der Waals surface area contributed by atoms with Crippen LogP contribution in [0.2, 0.25) is 0 Å². The largest absolute Gasteiger partial charge is 0.493 e. The molecule has 1 aromatic carbocycles. The van der Waals surface area contributed by atoms with Crippen LogP contribution in [0.5, 0.6) is 11.5 Å². The monoisotopic (exact) mass is 630 g/mol. The van der Waals surface area contributed by atoms with Crippen molar-refractivity contribution in [2.75, 3.05) is 46.6 Å². The third-order valence-corrected chi connectivity index (χ3v) is 9.37. The highest BCUT2D eigenvalue weighted by molar-refractivity contribution is 5.96. The summed E-state index contributed by atoms with van der Waals surface area (Å²) in [6.07, 6.45) is 3.73. The Bertz CT molecular complexity index is 1220. The Morgan fingerprint density at radius 2 is 2.02 bits per heavy atom. The highest BCUT2D eigenvalue weighted by Gasteiger charge is 2.51. The van der Waals surface area contributed by atoms with Crippen LogP contribution in [-0.4, -0.2) is 104 Å². The van der Waals surface area contributed by atoms with E-state index in [2.05, 4.69) is 26.1 Å². The minimum Gasteiger partial charge on any atom is -0.493 e. The lowest BCUT2D eigenvalue weighted by Gasteiger charge is -2.41. The third-order valence-electron chi connectivity index (χ3n) is 9.37. The van der Waals surface area contributed by atoms with Crippen LogP contribution in [0.25, 0.3) is 0 Å². The number of rotatable bonds is 15. The van der Waals surface area contributed by atoms with Gasteiger partial charge in [-0.05, 0) is 62.1 Å². The lowest BCUT2D eigenvalue weighted by molar-refractivity contribution is -0.147. The molecule has 11 nitrogen and oxygen atoms in total. The quantitative estimate of drug-likeness (QED) is 0.197. The third kappa shape index (κ3) is 7.88. The molecule has 1 aliphatic heterocycles. The number of carbonyl (C=O) groups is 3. The van der Waals surface area contributed by atoms with Crippen LogP contribution in [0, 0.1) is 17.8 Å². The molecule has 11 heteroatoms. The van der Waals surface area contributed by atoms with Crippen molar-refractivity contribution >= 4 is 18.1 Å². The molecule has 4 rings (SSSR count). The molecule has 2 aliphatic carbocycles. The first-order valence-corrected chi connectivity index (χ1v) is 16.3. The number of hydrogen-bond acceptors (Lipinski definition) is 9. The average Bonchev–Trinajstić information content (AvgIpc) is 3.42. The Kier molecular flexibility index (Phi) is 12.4. The number of aliphatic hydroxyl groups excluding tert-OH is 2. The number of nitrogens with one attached hydrogen (secondary N) is 1. The van der Waals surface area contributed by atoms with Gasteiger partial charge in [0, 0.05) is 43.0 Å². The van der Waals surface area contributed by atoms with E-state index in [0.717, 1.165) is 19.3 Å². The number of ether oxygens (including phenoxy) is 4. The zero-order valence-electron chi connectivity index (χ0n) is 27.2. The molecule has 1 saturated carbocycles. The fourth-order valence-electron chi connectivity index (χ4n) is 7.05. The van der Waals surface area contributed by atoms with E-state index >= 15 is 0 Å². The van der Waals surface area contributed by atoms with Crippen LogP contribution in [0.1, 0.15) is 75.2 Å². The molecule has 7 atom stereocenters. The number of aldehydes is 1. The summed E-state index contributed by atoms with van der Waals surface area (Å²) in [5.41, 5.74) is 1.15. The molecule has 3 N–H and O–H groups in total. The predicted molar refractivity (Wildman–Crippen MR) is 167 cm³/mol. The number of nitrogens with zero attached hydrogens (tertiary/aromatic N) is 1. The first-order chi connectivity index (χ1) is 21.6. The maximum Gasteiger partial charge on any atom is 0.249 e. The topological polar surface area (TPSA) is 144 Å². The SMILES string of the molecule is CCOCCCN(C(=O)COC1CC(C)CCC1C(C)C)C1C=C(C(=O)NCCO)C2c3cc(C=O)cc(OC)c3OC2C1O. The van der Waals surface area contributed by atoms with Crippen molar-refractivity contribution in [2.24, 2.45) is 17.8 Å². The van der Waals surface area contributed by atoms with Gasteiger partial charge in [0.1, 0.15) is 25.1 Å². The van der Waals surface area contributed by atoms with E-state index in [4.69, 9.17) is 18.9 Å². The fourth-order valence-corrected chi connectivity index (χ4v) is 7.05. The smallest absolute Gasteiger partial charge is 0.249 e. The number of hydrogen-bond donors (Lipinski definition) is 3. The van der Waals surface area contributed by atoms with Gasteiger partial charge >= 0.3 is 0 Å². The Morgan fingerprint density at radius 3 is 2.69 bits per heavy atom. The molecule has 2 amide bonds. The summed E-state index contributed by atoms with van der Waals surface area (Å²) in [5, 5.41) is 24.0. The lowest BCUT2D eigenvalue weighted by Crippen LogP contribution is -2.56. The Hall–Kier alpha value is -2.99. The Labute approximate surface area is 266 Å². The minimum absolute atomic E-state index is 0.0217. The van der Waals surface area contributed by atoms with Crippen molar-refractivity contribution < 1.29 is 43.5 Å². The molecule has 45 heavy (non-hydrogen) atoms. The van der Waals surface area contributed by atoms with Crippen molar-refractivity contribution in [2.45, 2.75) is 83.6 Å². The van der Waals surface area contributed by atoms with Gasteiger partial charge in [-0.2, -0.15) is 0 Å². The first-order valence-electron chi connectivity index (χ1n) is 16.3. The van der Waals surface area contributed by atoms with Gasteiger partial charge in [0.15, 0.2) is 11.5 Å². The molecule has 0 aromatic heterocycles. The molecule has 1 aromatic rings. The summed E-state index contributed by atoms with van der Waals surface area (Å²) in [6, 6.07) is 2.26. The van der Waals surface area contributed by atoms with Gasteiger partial charge in [0.05, 0.1) is 31.8 Å². The fraction of sp³-hybridized carbons (Fsp3) is 0.676. The molecule has 3 aliphatic rings. The summed E-state index contributed by atoms with van der Waals surface area (Å²) in [6.45, 7) is 9.33. The van der Waals surface area contributed by atoms with Crippen LogP contribution in [0.3, 0.4) is 0 Å². The van der Waals surface area contributed by atoms with Gasteiger partial charge in [-0.1, -0.05) is 27.2 Å². The number of benzene rings is 1. The van der Waals surface area contributed by atoms with Crippen LogP contribution >= 0.6 is 0 Å². The molecule has 7 unspecified atom stereocenters. The van der Waals surface area contributed by atoms with Gasteiger partial charge in [-0.3, -0.25) is 14.4 Å². The van der Waals surface area contributed by atoms with E-state index in [1.807, 2.05) is 6.92 Å². The second kappa shape index (κ2) is 16.0. The number of amides is 2. The van der Waals surface area contributed by atoms with Crippen LogP contribution in [-0.2, 0) is 19.1 Å². The number of aliphatic hydroxyl groups is 2. The highest BCUT2D eigenvalue weighted by Crippen LogP contribution is 2.51. The summed E-state index contributed by atoms with van der Waals surface area (Å²) in [7, 11) is 1.45. The van der Waals surface area contributed by atoms with Gasteiger partial charge < -0.3 is 39.4 Å². The molecule has 0 radical (unpaired) electrons. The molecule has 1 heterocycles. The maximum atomic E-state index is 14.0. The molecular formula is C34H50N2O9. The zero-order valence-corrected chi connectivity index (χ0v) is 27.2. The van der Waals surface area contributed by atoms with Crippen LogP contribution in [0.4, 0.5) is 0 Å². The normalized spacial score (nSPS) is 27.2. The maximum absolute atomic E-state index is 14.0. The number of methoxy groups -OCH3 is 1. The van der Waals surface area contributed by atoms with Gasteiger partial charge in [-0.15, -0.1) is 0 Å². The van der Waals surface area contributed by atoms with Gasteiger partial charge in [0.2, 0.25) is 11.8 Å². The zero-order chi connectivity index (χ0) is 32.7. The first kappa shape index (κ1) is 34.9. The van der Waals surface area contributed by atoms with E-state index in [1.165, 1.54) is 7.11 Å². The van der Waals surface area contributed by atoms with E-state index in [-0.39, 0.29) is 43.9 Å². The van der Waals surface area contributed by atoms with E-state index in [1.54, 1.807) is 23.1 Å². The van der Waals surface area contributed by atoms with E-state index in [0.29, 0.717) is 66.3 Å². The van der Waals surface area contributed by atoms with Gasteiger partial charge in [-0.25, -0.2) is 0 Å². The average molecular weight is 631 g/mol. The summed E-state index contributed by atoms with van der Waals surface area (Å²) in [4.78, 5) is 40.8. The van der Waals surface area contributed by atoms with Crippen LogP contribution < -0.4 is 14.8 Å². The second-order valence-electron chi connectivity index (χ2n) is 12.7. The lowest BCUT2D eigenvalue weighted by atomic mass is 9.75. The summed E-state index contributed by atoms with van der Waals surface area (Å²) < 4.78 is 23.7. The second-order valence-corrected chi connectivity index (χ2v) is 12.7. The van der Waals surface area contributed by atoms with Crippen molar-refractivity contribution in [3.63, 3.8) is 0 Å². The highest BCUT2D eigenvalue weighted by atomic mass is 16.5. The molecule has 0 spiro atoms. The van der Waals surface area contributed by atoms with Gasteiger partial charge in [0.25, 0.3) is 0 Å². The summed E-state index contributed by atoms with van der Waals surface area (Å²) in [5.74, 6) is 0.461. The molecule has 0 saturated heterocycles. The number of carbonyl (C=O) groups excluding carboxylic acids is 3. The van der Waals surface area contributed by atoms with E-state index < -0.39 is 30.1 Å². The number of fused-ring (bicyclic) bond motifs is 3. The van der Waals surface area contributed by atoms with Crippen molar-refractivity contribution in [1.29, 1.82) is 0 Å². The van der Waals surface area contributed by atoms with E-state index in [9.17, 15) is 24.6 Å². The minimum atomic E-state index is -1.21. The van der Waals surface area contributed by atoms with Crippen molar-refractivity contribution in [1.82, 2.24) is 10.2 Å². The summed E-state index contributed by atoms with van der Waals surface area (Å²) >= 11 is 0. The molecule has 250 valence electrons.